The second-order valence-corrected chi connectivity index (χ2v) is 9.72. The average Bonchev–Trinajstić information content (AvgIpc) is 3.33. The van der Waals surface area contributed by atoms with E-state index in [4.69, 9.17) is 16.7 Å². The van der Waals surface area contributed by atoms with E-state index in [0.29, 0.717) is 16.1 Å². The molecule has 5 nitrogen and oxygen atoms in total. The highest BCUT2D eigenvalue weighted by atomic mass is 35.5. The number of rotatable bonds is 8. The Labute approximate surface area is 228 Å². The fourth-order valence-corrected chi connectivity index (χ4v) is 4.89. The second kappa shape index (κ2) is 13.2. The summed E-state index contributed by atoms with van der Waals surface area (Å²) in [6.07, 6.45) is 4.09. The van der Waals surface area contributed by atoms with Crippen LogP contribution in [0.25, 0.3) is 10.9 Å². The van der Waals surface area contributed by atoms with Gasteiger partial charge in [-0.25, -0.2) is 4.39 Å². The van der Waals surface area contributed by atoms with Crippen LogP contribution in [0, 0.1) is 12.7 Å². The molecule has 2 atom stereocenters. The molecule has 0 aliphatic carbocycles. The van der Waals surface area contributed by atoms with E-state index in [9.17, 15) is 14.0 Å². The van der Waals surface area contributed by atoms with Gasteiger partial charge in [0.2, 0.25) is 0 Å². The highest BCUT2D eigenvalue weighted by Gasteiger charge is 2.29. The molecule has 1 heterocycles. The zero-order valence-electron chi connectivity index (χ0n) is 22.1. The minimum absolute atomic E-state index is 0.0111. The van der Waals surface area contributed by atoms with Crippen molar-refractivity contribution in [2.75, 3.05) is 7.05 Å². The van der Waals surface area contributed by atoms with Crippen LogP contribution in [0.5, 0.6) is 0 Å². The van der Waals surface area contributed by atoms with Gasteiger partial charge < -0.3 is 15.4 Å². The molecule has 0 unspecified atom stereocenters. The molecular weight excluding hydrogens is 503 g/mol. The highest BCUT2D eigenvalue weighted by molar-refractivity contribution is 6.30. The van der Waals surface area contributed by atoms with Gasteiger partial charge in [0.15, 0.2) is 0 Å². The van der Waals surface area contributed by atoms with Crippen molar-refractivity contribution in [3.05, 3.63) is 106 Å². The zero-order valence-corrected chi connectivity index (χ0v) is 22.9. The lowest BCUT2D eigenvalue weighted by molar-refractivity contribution is -0.136. The van der Waals surface area contributed by atoms with Crippen LogP contribution in [0.2, 0.25) is 5.02 Å². The first-order valence-electron chi connectivity index (χ1n) is 12.8. The van der Waals surface area contributed by atoms with Crippen LogP contribution in [0.3, 0.4) is 0 Å². The molecule has 1 aromatic heterocycles. The van der Waals surface area contributed by atoms with E-state index >= 15 is 0 Å². The predicted octanol–water partition coefficient (Wildman–Crippen LogP) is 7.83. The average molecular weight is 537 g/mol. The van der Waals surface area contributed by atoms with Crippen LogP contribution in [0.1, 0.15) is 77.6 Å². The summed E-state index contributed by atoms with van der Waals surface area (Å²) in [7, 11) is 1.63. The third kappa shape index (κ3) is 6.81. The van der Waals surface area contributed by atoms with Crippen LogP contribution >= 0.6 is 11.6 Å². The van der Waals surface area contributed by atoms with E-state index in [1.807, 2.05) is 55.6 Å². The molecule has 0 bridgehead atoms. The van der Waals surface area contributed by atoms with E-state index < -0.39 is 5.97 Å². The number of hydrogen-bond acceptors (Lipinski definition) is 2. The summed E-state index contributed by atoms with van der Waals surface area (Å²) in [6, 6.07) is 19.3. The number of carbonyl (C=O) groups excluding carboxylic acids is 1. The number of carboxylic acid groups (broad SMARTS) is 1. The number of hydrogen-bond donors (Lipinski definition) is 3. The molecule has 0 saturated carbocycles. The largest absolute Gasteiger partial charge is 0.481 e. The molecule has 0 radical (unpaired) electrons. The Balaban J connectivity index is 0.000000732. The number of carboxylic acids is 1. The lowest BCUT2D eigenvalue weighted by Crippen LogP contribution is -2.18. The van der Waals surface area contributed by atoms with E-state index in [2.05, 4.69) is 29.4 Å². The van der Waals surface area contributed by atoms with Crippen LogP contribution in [0.4, 0.5) is 4.39 Å². The minimum Gasteiger partial charge on any atom is -0.481 e. The first-order chi connectivity index (χ1) is 18.2. The SMILES string of the molecule is CCC(=O)O.CCC[C@H](c1ccc(C(=O)NC)cc1)[C@H](c1ccc(Cl)cc1)c1c[nH]c2c(F)cc(C)cc12. The number of carbonyl (C=O) groups is 2. The maximum absolute atomic E-state index is 14.7. The number of aryl methyl sites for hydroxylation is 1. The number of H-pyrrole nitrogens is 1. The normalized spacial score (nSPS) is 12.4. The van der Waals surface area contributed by atoms with Crippen LogP contribution in [-0.4, -0.2) is 29.0 Å². The minimum atomic E-state index is -0.745. The number of amides is 1. The molecule has 0 aliphatic rings. The smallest absolute Gasteiger partial charge is 0.303 e. The molecule has 0 saturated heterocycles. The van der Waals surface area contributed by atoms with Gasteiger partial charge in [-0.15, -0.1) is 0 Å². The standard InChI is InChI=1S/C28H28ClFN2O.C3H6O2/c1-4-5-22(18-6-8-20(9-7-18)28(33)31-3)26(19-10-12-21(29)13-11-19)24-16-32-27-23(24)14-17(2)15-25(27)30;1-2-3(4)5/h6-16,22,26,32H,4-5H2,1-3H3,(H,31,33);2H2,1H3,(H,4,5)/t22-,26+;/m1./s1. The Morgan fingerprint density at radius 3 is 2.18 bits per heavy atom. The fraction of sp³-hybridized carbons (Fsp3) is 0.290. The van der Waals surface area contributed by atoms with Gasteiger partial charge in [0.1, 0.15) is 5.82 Å². The third-order valence-corrected chi connectivity index (χ3v) is 6.87. The third-order valence-electron chi connectivity index (χ3n) is 6.61. The Morgan fingerprint density at radius 1 is 1.03 bits per heavy atom. The van der Waals surface area contributed by atoms with Gasteiger partial charge in [0, 0.05) is 41.6 Å². The van der Waals surface area contributed by atoms with Crippen molar-refractivity contribution in [3.63, 3.8) is 0 Å². The summed E-state index contributed by atoms with van der Waals surface area (Å²) < 4.78 is 14.7. The van der Waals surface area contributed by atoms with Gasteiger partial charge in [-0.3, -0.25) is 9.59 Å². The number of halogens is 2. The van der Waals surface area contributed by atoms with Gasteiger partial charge in [0.25, 0.3) is 5.91 Å². The van der Waals surface area contributed by atoms with E-state index in [-0.39, 0.29) is 30.0 Å². The molecule has 200 valence electrons. The number of aromatic nitrogens is 1. The number of nitrogens with one attached hydrogen (secondary N) is 2. The Kier molecular flexibility index (Phi) is 10.1. The number of benzene rings is 3. The van der Waals surface area contributed by atoms with Gasteiger partial charge in [-0.1, -0.05) is 56.1 Å². The molecule has 1 amide bonds. The molecular formula is C31H34ClFN2O3. The van der Waals surface area contributed by atoms with Crippen molar-refractivity contribution in [1.29, 1.82) is 0 Å². The Hall–Kier alpha value is -3.64. The van der Waals surface area contributed by atoms with Crippen LogP contribution in [0.15, 0.2) is 66.9 Å². The van der Waals surface area contributed by atoms with Crippen molar-refractivity contribution in [1.82, 2.24) is 10.3 Å². The number of aromatic amines is 1. The molecule has 0 aliphatic heterocycles. The maximum atomic E-state index is 14.7. The van der Waals surface area contributed by atoms with Crippen molar-refractivity contribution in [2.45, 2.75) is 51.9 Å². The summed E-state index contributed by atoms with van der Waals surface area (Å²) in [5.74, 6) is -0.969. The second-order valence-electron chi connectivity index (χ2n) is 9.29. The van der Waals surface area contributed by atoms with Crippen LogP contribution < -0.4 is 5.32 Å². The molecule has 3 N–H and O–H groups in total. The lowest BCUT2D eigenvalue weighted by Gasteiger charge is -2.28. The van der Waals surface area contributed by atoms with Crippen molar-refractivity contribution in [3.8, 4) is 0 Å². The lowest BCUT2D eigenvalue weighted by atomic mass is 9.75. The molecule has 0 spiro atoms. The summed E-state index contributed by atoms with van der Waals surface area (Å²) in [5.41, 5.74) is 5.37. The Morgan fingerprint density at radius 2 is 1.63 bits per heavy atom. The molecule has 38 heavy (non-hydrogen) atoms. The van der Waals surface area contributed by atoms with Gasteiger partial charge in [-0.05, 0) is 77.9 Å². The number of fused-ring (bicyclic) bond motifs is 1. The molecule has 3 aromatic carbocycles. The predicted molar refractivity (Wildman–Crippen MR) is 152 cm³/mol. The van der Waals surface area contributed by atoms with Gasteiger partial charge >= 0.3 is 5.97 Å². The quantitative estimate of drug-likeness (QED) is 0.214. The summed E-state index contributed by atoms with van der Waals surface area (Å²) >= 11 is 6.20. The van der Waals surface area contributed by atoms with Crippen molar-refractivity contribution in [2.24, 2.45) is 0 Å². The van der Waals surface area contributed by atoms with Crippen molar-refractivity contribution < 1.29 is 19.1 Å². The van der Waals surface area contributed by atoms with E-state index in [1.165, 1.54) is 0 Å². The van der Waals surface area contributed by atoms with Crippen LogP contribution in [-0.2, 0) is 4.79 Å². The van der Waals surface area contributed by atoms with E-state index in [0.717, 1.165) is 40.5 Å². The molecule has 7 heteroatoms. The van der Waals surface area contributed by atoms with Crippen molar-refractivity contribution >= 4 is 34.4 Å². The molecule has 4 rings (SSSR count). The fourth-order valence-electron chi connectivity index (χ4n) is 4.76. The number of aliphatic carboxylic acids is 1. The summed E-state index contributed by atoms with van der Waals surface area (Å²) in [4.78, 5) is 24.6. The zero-order chi connectivity index (χ0) is 27.8. The first-order valence-corrected chi connectivity index (χ1v) is 13.1. The first kappa shape index (κ1) is 28.9. The van der Waals surface area contributed by atoms with Gasteiger partial charge in [0.05, 0.1) is 5.52 Å². The summed E-state index contributed by atoms with van der Waals surface area (Å²) in [6.45, 7) is 5.68. The molecule has 4 aromatic rings. The van der Waals surface area contributed by atoms with E-state index in [1.54, 1.807) is 20.0 Å². The highest BCUT2D eigenvalue weighted by Crippen LogP contribution is 2.44. The monoisotopic (exact) mass is 536 g/mol. The molecule has 0 fully saturated rings. The maximum Gasteiger partial charge on any atom is 0.303 e. The Bertz CT molecular complexity index is 1380. The van der Waals surface area contributed by atoms with Gasteiger partial charge in [-0.2, -0.15) is 0 Å². The summed E-state index contributed by atoms with van der Waals surface area (Å²) in [5, 5.41) is 12.0. The topological polar surface area (TPSA) is 82.2 Å².